The molecule has 0 fully saturated rings. The van der Waals surface area contributed by atoms with E-state index in [1.54, 1.807) is 18.2 Å². The van der Waals surface area contributed by atoms with Gasteiger partial charge in [0.25, 0.3) is 0 Å². The molecule has 1 aromatic rings. The zero-order valence-corrected chi connectivity index (χ0v) is 6.69. The smallest absolute Gasteiger partial charge is 0.0463 e. The standard InChI is InChI=1S/C9H13N.ClH/c1-8(10)7-9-5-3-2-4-6-9;/h2-6,8H,7,10H2,1H3;1H/t8-;/m0./s1/i1D3,7D2,8D;. The Morgan fingerprint density at radius 2 is 2.27 bits per heavy atom. The molecule has 0 spiro atoms. The molecule has 0 radical (unpaired) electrons. The van der Waals surface area contributed by atoms with E-state index in [2.05, 4.69) is 0 Å². The molecule has 0 bridgehead atoms. The van der Waals surface area contributed by atoms with Gasteiger partial charge in [0.2, 0.25) is 0 Å². The molecule has 1 aromatic carbocycles. The van der Waals surface area contributed by atoms with E-state index >= 15 is 0 Å². The maximum absolute atomic E-state index is 7.72. The Labute approximate surface area is 82.4 Å². The van der Waals surface area contributed by atoms with Crippen LogP contribution in [-0.2, 0) is 6.37 Å². The minimum absolute atomic E-state index is 0. The number of hydrogen-bond donors (Lipinski definition) is 1. The van der Waals surface area contributed by atoms with Crippen molar-refractivity contribution in [2.75, 3.05) is 0 Å². The van der Waals surface area contributed by atoms with Crippen LogP contribution in [0.2, 0.25) is 0 Å². The molecule has 0 heterocycles. The Kier molecular flexibility index (Phi) is 1.84. The summed E-state index contributed by atoms with van der Waals surface area (Å²) in [5.41, 5.74) is 5.42. The van der Waals surface area contributed by atoms with E-state index in [9.17, 15) is 0 Å². The molecule has 0 aromatic heterocycles. The average molecular weight is 178 g/mol. The summed E-state index contributed by atoms with van der Waals surface area (Å²) in [7, 11) is 0. The van der Waals surface area contributed by atoms with Crippen molar-refractivity contribution in [3.63, 3.8) is 0 Å². The maximum Gasteiger partial charge on any atom is 0.0463 e. The molecule has 2 N–H and O–H groups in total. The lowest BCUT2D eigenvalue weighted by Crippen LogP contribution is -2.17. The molecule has 0 saturated carbocycles. The summed E-state index contributed by atoms with van der Waals surface area (Å²) < 4.78 is 44.4. The Balaban J connectivity index is 0.00000256. The minimum atomic E-state index is -2.90. The van der Waals surface area contributed by atoms with E-state index in [4.69, 9.17) is 14.0 Å². The molecule has 11 heavy (non-hydrogen) atoms. The predicted octanol–water partition coefficient (Wildman–Crippen LogP) is 2.00. The third-order valence-corrected chi connectivity index (χ3v) is 1.05. The first-order valence-corrected chi connectivity index (χ1v) is 2.95. The van der Waals surface area contributed by atoms with Crippen LogP contribution in [0.15, 0.2) is 30.3 Å². The highest BCUT2D eigenvalue weighted by Gasteiger charge is 1.94. The van der Waals surface area contributed by atoms with Gasteiger partial charge in [-0.15, -0.1) is 12.4 Å². The van der Waals surface area contributed by atoms with Crippen molar-refractivity contribution in [1.29, 1.82) is 0 Å². The zero-order valence-electron chi connectivity index (χ0n) is 11.9. The number of hydrogen-bond acceptors (Lipinski definition) is 1. The summed E-state index contributed by atoms with van der Waals surface area (Å²) in [4.78, 5) is 0. The van der Waals surface area contributed by atoms with E-state index < -0.39 is 19.2 Å². The highest BCUT2D eigenvalue weighted by atomic mass is 35.5. The van der Waals surface area contributed by atoms with Gasteiger partial charge in [0.05, 0.1) is 0 Å². The molecule has 0 saturated heterocycles. The van der Waals surface area contributed by atoms with Crippen LogP contribution in [0, 0.1) is 0 Å². The fraction of sp³-hybridized carbons (Fsp3) is 0.333. The van der Waals surface area contributed by atoms with Crippen molar-refractivity contribution in [2.24, 2.45) is 5.73 Å². The van der Waals surface area contributed by atoms with Crippen LogP contribution in [0.4, 0.5) is 0 Å². The largest absolute Gasteiger partial charge is 0.328 e. The molecule has 0 amide bonds. The molecule has 1 nitrogen and oxygen atoms in total. The maximum atomic E-state index is 7.72. The Morgan fingerprint density at radius 3 is 2.82 bits per heavy atom. The lowest BCUT2D eigenvalue weighted by molar-refractivity contribution is 0.738. The van der Waals surface area contributed by atoms with Crippen LogP contribution >= 0.6 is 12.4 Å². The highest BCUT2D eigenvalue weighted by molar-refractivity contribution is 5.85. The number of benzene rings is 1. The second-order valence-corrected chi connectivity index (χ2v) is 1.90. The first kappa shape index (κ1) is 3.92. The van der Waals surface area contributed by atoms with Crippen molar-refractivity contribution < 1.29 is 8.22 Å². The molecular weight excluding hydrogens is 158 g/mol. The topological polar surface area (TPSA) is 26.0 Å². The predicted molar refractivity (Wildman–Crippen MR) is 51.0 cm³/mol. The quantitative estimate of drug-likeness (QED) is 0.735. The van der Waals surface area contributed by atoms with E-state index in [-0.39, 0.29) is 18.0 Å². The molecule has 62 valence electrons. The van der Waals surface area contributed by atoms with Gasteiger partial charge in [-0.3, -0.25) is 0 Å². The molecule has 1 atom stereocenters. The number of rotatable bonds is 2. The third kappa shape index (κ3) is 4.02. The lowest BCUT2D eigenvalue weighted by Gasteiger charge is -2.02. The van der Waals surface area contributed by atoms with Crippen molar-refractivity contribution >= 4 is 12.4 Å². The monoisotopic (exact) mass is 177 g/mol. The van der Waals surface area contributed by atoms with Crippen LogP contribution < -0.4 is 5.73 Å². The van der Waals surface area contributed by atoms with Crippen LogP contribution in [0.5, 0.6) is 0 Å². The molecule has 0 unspecified atom stereocenters. The van der Waals surface area contributed by atoms with Gasteiger partial charge in [0, 0.05) is 14.2 Å². The number of nitrogens with two attached hydrogens (primary N) is 1. The molecule has 0 aliphatic heterocycles. The van der Waals surface area contributed by atoms with E-state index in [1.807, 2.05) is 0 Å². The average Bonchev–Trinajstić information content (AvgIpc) is 2.17. The first-order valence-electron chi connectivity index (χ1n) is 5.95. The van der Waals surface area contributed by atoms with Crippen molar-refractivity contribution in [1.82, 2.24) is 0 Å². The van der Waals surface area contributed by atoms with Gasteiger partial charge in [-0.1, -0.05) is 30.3 Å². The zero-order chi connectivity index (χ0) is 12.6. The molecule has 0 aliphatic rings. The van der Waals surface area contributed by atoms with Crippen LogP contribution in [0.3, 0.4) is 0 Å². The molecule has 0 aliphatic carbocycles. The summed E-state index contributed by atoms with van der Waals surface area (Å²) in [6.07, 6.45) is -2.44. The second-order valence-electron chi connectivity index (χ2n) is 1.90. The Hall–Kier alpha value is -0.530. The van der Waals surface area contributed by atoms with Crippen LogP contribution in [-0.4, -0.2) is 6.02 Å². The molecule has 2 heteroatoms. The summed E-state index contributed by atoms with van der Waals surface area (Å²) in [5, 5.41) is 0. The van der Waals surface area contributed by atoms with Gasteiger partial charge in [-0.05, 0) is 18.8 Å². The summed E-state index contributed by atoms with van der Waals surface area (Å²) in [6.45, 7) is -2.90. The minimum Gasteiger partial charge on any atom is -0.328 e. The summed E-state index contributed by atoms with van der Waals surface area (Å²) in [5.74, 6) is 0. The first-order chi connectivity index (χ1) is 7.11. The van der Waals surface area contributed by atoms with Crippen LogP contribution in [0.25, 0.3) is 0 Å². The van der Waals surface area contributed by atoms with Crippen LogP contribution in [0.1, 0.15) is 20.6 Å². The van der Waals surface area contributed by atoms with Gasteiger partial charge in [-0.25, -0.2) is 0 Å². The fourth-order valence-electron chi connectivity index (χ4n) is 0.677. The SMILES string of the molecule is Cl.[2H]C([2H])([2H])[C@]([2H])(N)C([2H])([2H])c1ccccc1. The normalized spacial score (nSPS) is 25.2. The second kappa shape index (κ2) is 5.16. The van der Waals surface area contributed by atoms with E-state index in [0.29, 0.717) is 0 Å². The highest BCUT2D eigenvalue weighted by Crippen LogP contribution is 2.00. The Bertz CT molecular complexity index is 361. The van der Waals surface area contributed by atoms with Gasteiger partial charge in [0.15, 0.2) is 0 Å². The lowest BCUT2D eigenvalue weighted by atomic mass is 10.1. The summed E-state index contributed by atoms with van der Waals surface area (Å²) >= 11 is 0. The van der Waals surface area contributed by atoms with Gasteiger partial charge >= 0.3 is 0 Å². The van der Waals surface area contributed by atoms with E-state index in [1.165, 1.54) is 12.1 Å². The van der Waals surface area contributed by atoms with Crippen molar-refractivity contribution in [2.45, 2.75) is 19.2 Å². The van der Waals surface area contributed by atoms with E-state index in [0.717, 1.165) is 0 Å². The van der Waals surface area contributed by atoms with Gasteiger partial charge < -0.3 is 5.73 Å². The van der Waals surface area contributed by atoms with Gasteiger partial charge in [-0.2, -0.15) is 0 Å². The molecule has 1 rings (SSSR count). The van der Waals surface area contributed by atoms with Crippen molar-refractivity contribution in [3.8, 4) is 0 Å². The van der Waals surface area contributed by atoms with Crippen molar-refractivity contribution in [3.05, 3.63) is 35.9 Å². The molecular formula is C9H14ClN. The summed E-state index contributed by atoms with van der Waals surface area (Å²) in [6, 6.07) is 4.98. The Morgan fingerprint density at radius 1 is 1.64 bits per heavy atom. The van der Waals surface area contributed by atoms with Gasteiger partial charge in [0.1, 0.15) is 0 Å². The third-order valence-electron chi connectivity index (χ3n) is 1.05. The number of halogens is 1. The fourth-order valence-corrected chi connectivity index (χ4v) is 0.677.